The van der Waals surface area contributed by atoms with E-state index in [1.807, 2.05) is 0 Å². The third-order valence-electron chi connectivity index (χ3n) is 3.28. The Labute approximate surface area is 136 Å². The molecule has 7 heteroatoms. The third-order valence-corrected chi connectivity index (χ3v) is 3.28. The van der Waals surface area contributed by atoms with E-state index in [2.05, 4.69) is 5.32 Å². The van der Waals surface area contributed by atoms with Gasteiger partial charge >= 0.3 is 6.18 Å². The average molecular weight is 340 g/mol. The van der Waals surface area contributed by atoms with Gasteiger partial charge in [0.2, 0.25) is 5.91 Å². The minimum atomic E-state index is -4.36. The molecule has 0 bridgehead atoms. The second-order valence-electron chi connectivity index (χ2n) is 5.42. The van der Waals surface area contributed by atoms with Crippen LogP contribution in [0.25, 0.3) is 0 Å². The molecule has 0 aliphatic rings. The summed E-state index contributed by atoms with van der Waals surface area (Å²) in [4.78, 5) is 13.6. The molecule has 3 nitrogen and oxygen atoms in total. The fraction of sp³-hybridized carbons (Fsp3) is 0.235. The van der Waals surface area contributed by atoms with Crippen LogP contribution >= 0.6 is 0 Å². The molecule has 0 unspecified atom stereocenters. The van der Waals surface area contributed by atoms with Crippen LogP contribution in [-0.2, 0) is 17.5 Å². The number of nitrogens with zero attached hydrogens (tertiary/aromatic N) is 1. The third kappa shape index (κ3) is 5.34. The largest absolute Gasteiger partial charge is 0.416 e. The smallest absolute Gasteiger partial charge is 0.325 e. The van der Waals surface area contributed by atoms with Gasteiger partial charge in [-0.3, -0.25) is 9.69 Å². The fourth-order valence-corrected chi connectivity index (χ4v) is 2.15. The number of hydrogen-bond donors (Lipinski definition) is 1. The molecule has 0 fully saturated rings. The second-order valence-corrected chi connectivity index (χ2v) is 5.42. The topological polar surface area (TPSA) is 32.3 Å². The van der Waals surface area contributed by atoms with E-state index < -0.39 is 17.6 Å². The molecule has 0 aliphatic heterocycles. The first-order valence-electron chi connectivity index (χ1n) is 7.14. The quantitative estimate of drug-likeness (QED) is 0.837. The molecule has 0 saturated carbocycles. The van der Waals surface area contributed by atoms with Crippen molar-refractivity contribution in [1.29, 1.82) is 0 Å². The van der Waals surface area contributed by atoms with Gasteiger partial charge in [0.15, 0.2) is 0 Å². The first kappa shape index (κ1) is 17.9. The van der Waals surface area contributed by atoms with Crippen molar-refractivity contribution in [3.8, 4) is 0 Å². The molecule has 0 aliphatic carbocycles. The van der Waals surface area contributed by atoms with Gasteiger partial charge in [-0.25, -0.2) is 4.39 Å². The van der Waals surface area contributed by atoms with Crippen molar-refractivity contribution in [2.75, 3.05) is 18.9 Å². The first-order chi connectivity index (χ1) is 11.2. The average Bonchev–Trinajstić information content (AvgIpc) is 2.49. The van der Waals surface area contributed by atoms with E-state index in [4.69, 9.17) is 0 Å². The van der Waals surface area contributed by atoms with Crippen LogP contribution in [-0.4, -0.2) is 24.4 Å². The molecule has 0 heterocycles. The Hall–Kier alpha value is -2.41. The van der Waals surface area contributed by atoms with Crippen molar-refractivity contribution < 1.29 is 22.4 Å². The van der Waals surface area contributed by atoms with Crippen LogP contribution in [0.5, 0.6) is 0 Å². The molecule has 0 spiro atoms. The maximum Gasteiger partial charge on any atom is 0.416 e. The summed E-state index contributed by atoms with van der Waals surface area (Å²) in [7, 11) is 1.68. The van der Waals surface area contributed by atoms with E-state index in [-0.39, 0.29) is 12.5 Å². The summed E-state index contributed by atoms with van der Waals surface area (Å²) in [5.41, 5.74) is 0.437. The second kappa shape index (κ2) is 7.44. The molecule has 2 rings (SSSR count). The van der Waals surface area contributed by atoms with Crippen LogP contribution in [0.3, 0.4) is 0 Å². The lowest BCUT2D eigenvalue weighted by atomic mass is 10.1. The Morgan fingerprint density at radius 1 is 1.04 bits per heavy atom. The van der Waals surface area contributed by atoms with Crippen molar-refractivity contribution in [3.63, 3.8) is 0 Å². The number of carbonyl (C=O) groups is 1. The van der Waals surface area contributed by atoms with Crippen LogP contribution in [0.15, 0.2) is 48.5 Å². The molecular weight excluding hydrogens is 324 g/mol. The maximum atomic E-state index is 12.8. The zero-order chi connectivity index (χ0) is 17.7. The normalized spacial score (nSPS) is 11.6. The van der Waals surface area contributed by atoms with E-state index in [0.717, 1.165) is 12.1 Å². The summed E-state index contributed by atoms with van der Waals surface area (Å²) >= 11 is 0. The highest BCUT2D eigenvalue weighted by atomic mass is 19.4. The Balaban J connectivity index is 1.87. The summed E-state index contributed by atoms with van der Waals surface area (Å²) in [5.74, 6) is -0.691. The molecule has 2 aromatic rings. The van der Waals surface area contributed by atoms with Gasteiger partial charge in [0.25, 0.3) is 0 Å². The number of nitrogens with one attached hydrogen (secondary N) is 1. The Morgan fingerprint density at radius 3 is 2.17 bits per heavy atom. The highest BCUT2D eigenvalue weighted by molar-refractivity contribution is 5.92. The zero-order valence-corrected chi connectivity index (χ0v) is 12.9. The maximum absolute atomic E-state index is 12.8. The number of hydrogen-bond acceptors (Lipinski definition) is 2. The predicted octanol–water partition coefficient (Wildman–Crippen LogP) is 3.92. The molecule has 24 heavy (non-hydrogen) atoms. The van der Waals surface area contributed by atoms with E-state index in [1.165, 1.54) is 36.4 Å². The van der Waals surface area contributed by atoms with Gasteiger partial charge in [0.1, 0.15) is 5.82 Å². The molecule has 2 aromatic carbocycles. The van der Waals surface area contributed by atoms with Gasteiger partial charge < -0.3 is 5.32 Å². The van der Waals surface area contributed by atoms with Crippen molar-refractivity contribution in [2.45, 2.75) is 12.7 Å². The Kier molecular flexibility index (Phi) is 5.56. The highest BCUT2D eigenvalue weighted by Crippen LogP contribution is 2.29. The lowest BCUT2D eigenvalue weighted by molar-refractivity contribution is -0.137. The van der Waals surface area contributed by atoms with Crippen LogP contribution in [0.2, 0.25) is 0 Å². The van der Waals surface area contributed by atoms with Crippen molar-refractivity contribution in [1.82, 2.24) is 4.90 Å². The number of likely N-dealkylation sites (N-methyl/N-ethyl adjacent to an activating group) is 1. The summed E-state index contributed by atoms with van der Waals surface area (Å²) in [6.07, 6.45) is -4.36. The number of amides is 1. The van der Waals surface area contributed by atoms with Gasteiger partial charge in [0.05, 0.1) is 12.1 Å². The molecule has 0 aromatic heterocycles. The number of alkyl halides is 3. The number of halogens is 4. The first-order valence-corrected chi connectivity index (χ1v) is 7.14. The summed E-state index contributed by atoms with van der Waals surface area (Å²) in [5, 5.41) is 2.62. The summed E-state index contributed by atoms with van der Waals surface area (Å²) in [6, 6.07) is 10.2. The van der Waals surface area contributed by atoms with Gasteiger partial charge in [-0.2, -0.15) is 13.2 Å². The number of anilines is 1. The van der Waals surface area contributed by atoms with Crippen LogP contribution < -0.4 is 5.32 Å². The minimum Gasteiger partial charge on any atom is -0.325 e. The SMILES string of the molecule is CN(CC(=O)Nc1ccc(F)cc1)Cc1ccc(C(F)(F)F)cc1. The lowest BCUT2D eigenvalue weighted by Gasteiger charge is -2.17. The van der Waals surface area contributed by atoms with Crippen LogP contribution in [0.4, 0.5) is 23.2 Å². The highest BCUT2D eigenvalue weighted by Gasteiger charge is 2.29. The van der Waals surface area contributed by atoms with Gasteiger partial charge in [-0.15, -0.1) is 0 Å². The van der Waals surface area contributed by atoms with E-state index in [1.54, 1.807) is 11.9 Å². The van der Waals surface area contributed by atoms with E-state index in [0.29, 0.717) is 17.8 Å². The standard InChI is InChI=1S/C17H16F4N2O/c1-23(10-12-2-4-13(5-3-12)17(19,20)21)11-16(24)22-15-8-6-14(18)7-9-15/h2-9H,10-11H2,1H3,(H,22,24). The van der Waals surface area contributed by atoms with Gasteiger partial charge in [-0.05, 0) is 49.0 Å². The van der Waals surface area contributed by atoms with E-state index in [9.17, 15) is 22.4 Å². The monoisotopic (exact) mass is 340 g/mol. The van der Waals surface area contributed by atoms with Crippen LogP contribution in [0.1, 0.15) is 11.1 Å². The Bertz CT molecular complexity index is 681. The molecule has 0 saturated heterocycles. The molecule has 1 amide bonds. The van der Waals surface area contributed by atoms with Gasteiger partial charge in [0, 0.05) is 12.2 Å². The lowest BCUT2D eigenvalue weighted by Crippen LogP contribution is -2.29. The van der Waals surface area contributed by atoms with Crippen molar-refractivity contribution in [2.24, 2.45) is 0 Å². The summed E-state index contributed by atoms with van der Waals surface area (Å²) < 4.78 is 50.3. The molecule has 1 N–H and O–H groups in total. The van der Waals surface area contributed by atoms with Crippen molar-refractivity contribution >= 4 is 11.6 Å². The Morgan fingerprint density at radius 2 is 1.62 bits per heavy atom. The molecule has 0 atom stereocenters. The van der Waals surface area contributed by atoms with E-state index >= 15 is 0 Å². The molecular formula is C17H16F4N2O. The van der Waals surface area contributed by atoms with Crippen molar-refractivity contribution in [3.05, 3.63) is 65.5 Å². The number of rotatable bonds is 5. The number of carbonyl (C=O) groups excluding carboxylic acids is 1. The molecule has 0 radical (unpaired) electrons. The fourth-order valence-electron chi connectivity index (χ4n) is 2.15. The number of benzene rings is 2. The summed E-state index contributed by atoms with van der Waals surface area (Å²) in [6.45, 7) is 0.382. The molecule has 128 valence electrons. The van der Waals surface area contributed by atoms with Gasteiger partial charge in [-0.1, -0.05) is 12.1 Å². The minimum absolute atomic E-state index is 0.0540. The zero-order valence-electron chi connectivity index (χ0n) is 12.9. The predicted molar refractivity (Wildman–Crippen MR) is 82.8 cm³/mol. The van der Waals surface area contributed by atoms with Crippen LogP contribution in [0, 0.1) is 5.82 Å².